The molecule has 0 aliphatic heterocycles. The highest BCUT2D eigenvalue weighted by molar-refractivity contribution is 9.10. The van der Waals surface area contributed by atoms with Crippen molar-refractivity contribution in [2.75, 3.05) is 11.1 Å². The lowest BCUT2D eigenvalue weighted by Crippen LogP contribution is -2.14. The van der Waals surface area contributed by atoms with Crippen molar-refractivity contribution in [1.82, 2.24) is 4.98 Å². The number of aromatic nitrogens is 1. The van der Waals surface area contributed by atoms with Crippen molar-refractivity contribution in [3.05, 3.63) is 52.1 Å². The van der Waals surface area contributed by atoms with E-state index in [2.05, 4.69) is 26.2 Å². The lowest BCUT2D eigenvalue weighted by atomic mass is 10.2. The van der Waals surface area contributed by atoms with Gasteiger partial charge in [0.25, 0.3) is 5.91 Å². The highest BCUT2D eigenvalue weighted by Gasteiger charge is 2.11. The Labute approximate surface area is 113 Å². The number of carbonyl (C=O) groups excluding carboxylic acids is 1. The molecule has 92 valence electrons. The minimum Gasteiger partial charge on any atom is -0.399 e. The summed E-state index contributed by atoms with van der Waals surface area (Å²) in [6.07, 6.45) is 0. The first-order valence-electron chi connectivity index (χ1n) is 5.36. The average Bonchev–Trinajstić information content (AvgIpc) is 2.32. The number of nitrogens with two attached hydrogens (primary N) is 1. The SMILES string of the molecule is Cc1cccc(NC(=O)c2cc(N)ccc2Br)n1. The number of nitrogen functional groups attached to an aromatic ring is 1. The molecule has 2 aromatic rings. The topological polar surface area (TPSA) is 68.0 Å². The second-order valence-electron chi connectivity index (χ2n) is 3.86. The van der Waals surface area contributed by atoms with Gasteiger partial charge in [-0.1, -0.05) is 6.07 Å². The smallest absolute Gasteiger partial charge is 0.258 e. The minimum atomic E-state index is -0.243. The molecule has 18 heavy (non-hydrogen) atoms. The van der Waals surface area contributed by atoms with Crippen LogP contribution in [0.15, 0.2) is 40.9 Å². The summed E-state index contributed by atoms with van der Waals surface area (Å²) in [6.45, 7) is 1.87. The van der Waals surface area contributed by atoms with Gasteiger partial charge in [-0.25, -0.2) is 4.98 Å². The molecule has 3 N–H and O–H groups in total. The summed E-state index contributed by atoms with van der Waals surface area (Å²) >= 11 is 3.32. The maximum atomic E-state index is 12.1. The Hall–Kier alpha value is -1.88. The molecule has 1 amide bonds. The first-order chi connectivity index (χ1) is 8.56. The first-order valence-corrected chi connectivity index (χ1v) is 6.15. The lowest BCUT2D eigenvalue weighted by Gasteiger charge is -2.07. The molecule has 1 aromatic carbocycles. The Balaban J connectivity index is 2.24. The van der Waals surface area contributed by atoms with Crippen molar-refractivity contribution in [1.29, 1.82) is 0 Å². The summed E-state index contributed by atoms with van der Waals surface area (Å²) in [5, 5.41) is 2.73. The number of benzene rings is 1. The van der Waals surface area contributed by atoms with Crippen LogP contribution < -0.4 is 11.1 Å². The van der Waals surface area contributed by atoms with E-state index >= 15 is 0 Å². The van der Waals surface area contributed by atoms with Gasteiger partial charge in [0, 0.05) is 15.9 Å². The number of nitrogens with one attached hydrogen (secondary N) is 1. The van der Waals surface area contributed by atoms with E-state index < -0.39 is 0 Å². The number of anilines is 2. The van der Waals surface area contributed by atoms with E-state index in [1.165, 1.54) is 0 Å². The highest BCUT2D eigenvalue weighted by atomic mass is 79.9. The van der Waals surface area contributed by atoms with Gasteiger partial charge in [-0.15, -0.1) is 0 Å². The van der Waals surface area contributed by atoms with Crippen molar-refractivity contribution in [3.63, 3.8) is 0 Å². The van der Waals surface area contributed by atoms with E-state index in [1.807, 2.05) is 19.1 Å². The van der Waals surface area contributed by atoms with Gasteiger partial charge in [-0.05, 0) is 53.2 Å². The van der Waals surface area contributed by atoms with Crippen molar-refractivity contribution >= 4 is 33.3 Å². The Morgan fingerprint density at radius 1 is 1.33 bits per heavy atom. The Morgan fingerprint density at radius 3 is 2.83 bits per heavy atom. The van der Waals surface area contributed by atoms with Gasteiger partial charge < -0.3 is 11.1 Å². The quantitative estimate of drug-likeness (QED) is 0.838. The maximum absolute atomic E-state index is 12.1. The molecule has 0 fully saturated rings. The van der Waals surface area contributed by atoms with E-state index in [-0.39, 0.29) is 5.91 Å². The first kappa shape index (κ1) is 12.6. The fourth-order valence-electron chi connectivity index (χ4n) is 1.51. The third kappa shape index (κ3) is 2.87. The fourth-order valence-corrected chi connectivity index (χ4v) is 1.94. The maximum Gasteiger partial charge on any atom is 0.258 e. The largest absolute Gasteiger partial charge is 0.399 e. The fraction of sp³-hybridized carbons (Fsp3) is 0.0769. The number of amides is 1. The van der Waals surface area contributed by atoms with Crippen LogP contribution in [-0.2, 0) is 0 Å². The lowest BCUT2D eigenvalue weighted by molar-refractivity contribution is 0.102. The molecule has 2 rings (SSSR count). The molecule has 0 aliphatic rings. The normalized spacial score (nSPS) is 10.1. The van der Waals surface area contributed by atoms with E-state index in [1.54, 1.807) is 24.3 Å². The van der Waals surface area contributed by atoms with E-state index in [0.717, 1.165) is 5.69 Å². The standard InChI is InChI=1S/C13H12BrN3O/c1-8-3-2-4-12(16-8)17-13(18)10-7-9(15)5-6-11(10)14/h2-7H,15H2,1H3,(H,16,17,18). The molecule has 1 heterocycles. The molecule has 0 saturated carbocycles. The van der Waals surface area contributed by atoms with Gasteiger partial charge in [0.05, 0.1) is 5.56 Å². The van der Waals surface area contributed by atoms with E-state index in [4.69, 9.17) is 5.73 Å². The van der Waals surface area contributed by atoms with Crippen LogP contribution >= 0.6 is 15.9 Å². The summed E-state index contributed by atoms with van der Waals surface area (Å²) in [4.78, 5) is 16.3. The minimum absolute atomic E-state index is 0.243. The van der Waals surface area contributed by atoms with Crippen LogP contribution in [-0.4, -0.2) is 10.9 Å². The highest BCUT2D eigenvalue weighted by Crippen LogP contribution is 2.20. The summed E-state index contributed by atoms with van der Waals surface area (Å²) < 4.78 is 0.696. The molecule has 0 bridgehead atoms. The van der Waals surface area contributed by atoms with Gasteiger partial charge in [0.15, 0.2) is 0 Å². The molecule has 1 aromatic heterocycles. The summed E-state index contributed by atoms with van der Waals surface area (Å²) in [6, 6.07) is 10.5. The van der Waals surface area contributed by atoms with Gasteiger partial charge in [0.1, 0.15) is 5.82 Å². The van der Waals surface area contributed by atoms with Crippen molar-refractivity contribution in [3.8, 4) is 0 Å². The number of hydrogen-bond donors (Lipinski definition) is 2. The van der Waals surface area contributed by atoms with Crippen LogP contribution in [0.3, 0.4) is 0 Å². The average molecular weight is 306 g/mol. The second kappa shape index (κ2) is 5.18. The third-order valence-electron chi connectivity index (χ3n) is 2.36. The zero-order valence-electron chi connectivity index (χ0n) is 9.77. The van der Waals surface area contributed by atoms with Crippen molar-refractivity contribution in [2.24, 2.45) is 0 Å². The van der Waals surface area contributed by atoms with Gasteiger partial charge in [0.2, 0.25) is 0 Å². The molecule has 0 unspecified atom stereocenters. The monoisotopic (exact) mass is 305 g/mol. The summed E-state index contributed by atoms with van der Waals surface area (Å²) in [5.41, 5.74) is 7.54. The van der Waals surface area contributed by atoms with E-state index in [9.17, 15) is 4.79 Å². The number of aryl methyl sites for hydroxylation is 1. The third-order valence-corrected chi connectivity index (χ3v) is 3.06. The predicted molar refractivity (Wildman–Crippen MR) is 75.5 cm³/mol. The molecule has 5 heteroatoms. The van der Waals surface area contributed by atoms with Gasteiger partial charge in [-0.3, -0.25) is 4.79 Å². The molecule has 0 atom stereocenters. The zero-order chi connectivity index (χ0) is 13.1. The number of nitrogens with zero attached hydrogens (tertiary/aromatic N) is 1. The summed E-state index contributed by atoms with van der Waals surface area (Å²) in [7, 11) is 0. The van der Waals surface area contributed by atoms with Gasteiger partial charge >= 0.3 is 0 Å². The zero-order valence-corrected chi connectivity index (χ0v) is 11.4. The number of carbonyl (C=O) groups is 1. The molecule has 0 aliphatic carbocycles. The number of hydrogen-bond acceptors (Lipinski definition) is 3. The van der Waals surface area contributed by atoms with Crippen LogP contribution in [0.2, 0.25) is 0 Å². The van der Waals surface area contributed by atoms with Crippen LogP contribution in [0.1, 0.15) is 16.1 Å². The molecular weight excluding hydrogens is 294 g/mol. The van der Waals surface area contributed by atoms with Gasteiger partial charge in [-0.2, -0.15) is 0 Å². The number of rotatable bonds is 2. The Bertz CT molecular complexity index is 599. The number of pyridine rings is 1. The Kier molecular flexibility index (Phi) is 3.62. The molecule has 0 spiro atoms. The molecule has 0 radical (unpaired) electrons. The Morgan fingerprint density at radius 2 is 2.11 bits per heavy atom. The molecule has 4 nitrogen and oxygen atoms in total. The van der Waals surface area contributed by atoms with Crippen LogP contribution in [0.25, 0.3) is 0 Å². The summed E-state index contributed by atoms with van der Waals surface area (Å²) in [5.74, 6) is 0.279. The van der Waals surface area contributed by atoms with Crippen LogP contribution in [0.4, 0.5) is 11.5 Å². The molecule has 0 saturated heterocycles. The van der Waals surface area contributed by atoms with Crippen LogP contribution in [0.5, 0.6) is 0 Å². The molecular formula is C13H12BrN3O. The predicted octanol–water partition coefficient (Wildman–Crippen LogP) is 2.99. The van der Waals surface area contributed by atoms with E-state index in [0.29, 0.717) is 21.5 Å². The van der Waals surface area contributed by atoms with Crippen molar-refractivity contribution < 1.29 is 4.79 Å². The second-order valence-corrected chi connectivity index (χ2v) is 4.71. The van der Waals surface area contributed by atoms with Crippen LogP contribution in [0, 0.1) is 6.92 Å². The van der Waals surface area contributed by atoms with Crippen molar-refractivity contribution in [2.45, 2.75) is 6.92 Å². The number of halogens is 1.